The molecule has 1 heterocycles. The number of oxazole rings is 1. The number of hydrogen-bond acceptors (Lipinski definition) is 5. The SMILES string of the molecule is Cc1ncoc1C(=O)N(C)c1ccc(/C(N)=N/O)cc1. The summed E-state index contributed by atoms with van der Waals surface area (Å²) < 4.78 is 5.07. The van der Waals surface area contributed by atoms with Gasteiger partial charge in [0, 0.05) is 18.3 Å². The van der Waals surface area contributed by atoms with Crippen molar-refractivity contribution in [3.63, 3.8) is 0 Å². The zero-order valence-electron chi connectivity index (χ0n) is 11.1. The lowest BCUT2D eigenvalue weighted by molar-refractivity contribution is 0.0965. The molecule has 0 unspecified atom stereocenters. The number of nitrogens with two attached hydrogens (primary N) is 1. The van der Waals surface area contributed by atoms with Crippen LogP contribution >= 0.6 is 0 Å². The molecule has 0 aliphatic carbocycles. The van der Waals surface area contributed by atoms with E-state index < -0.39 is 0 Å². The average molecular weight is 274 g/mol. The highest BCUT2D eigenvalue weighted by Gasteiger charge is 2.19. The van der Waals surface area contributed by atoms with Crippen molar-refractivity contribution in [1.29, 1.82) is 0 Å². The van der Waals surface area contributed by atoms with Crippen LogP contribution in [0.4, 0.5) is 5.69 Å². The number of rotatable bonds is 3. The number of carbonyl (C=O) groups excluding carboxylic acids is 1. The quantitative estimate of drug-likeness (QED) is 0.380. The smallest absolute Gasteiger partial charge is 0.295 e. The predicted molar refractivity (Wildman–Crippen MR) is 72.9 cm³/mol. The average Bonchev–Trinajstić information content (AvgIpc) is 2.91. The Bertz CT molecular complexity index is 646. The molecule has 0 spiro atoms. The Balaban J connectivity index is 2.24. The Morgan fingerprint density at radius 2 is 2.05 bits per heavy atom. The third kappa shape index (κ3) is 2.46. The first-order valence-corrected chi connectivity index (χ1v) is 5.80. The van der Waals surface area contributed by atoms with Crippen LogP contribution in [-0.4, -0.2) is 29.0 Å². The molecule has 0 fully saturated rings. The minimum atomic E-state index is -0.295. The molecule has 1 aromatic carbocycles. The van der Waals surface area contributed by atoms with Crippen LogP contribution in [0.15, 0.2) is 40.2 Å². The largest absolute Gasteiger partial charge is 0.438 e. The maximum atomic E-state index is 12.2. The molecular formula is C13H14N4O3. The minimum absolute atomic E-state index is 0.0107. The van der Waals surface area contributed by atoms with Gasteiger partial charge in [0.05, 0.1) is 5.69 Å². The first-order chi connectivity index (χ1) is 9.54. The normalized spacial score (nSPS) is 11.4. The van der Waals surface area contributed by atoms with Crippen molar-refractivity contribution in [2.24, 2.45) is 10.9 Å². The fourth-order valence-corrected chi connectivity index (χ4v) is 1.69. The molecule has 0 bridgehead atoms. The number of oxime groups is 1. The number of hydrogen-bond donors (Lipinski definition) is 2. The third-order valence-corrected chi connectivity index (χ3v) is 2.90. The second-order valence-electron chi connectivity index (χ2n) is 4.16. The van der Waals surface area contributed by atoms with Gasteiger partial charge in [-0.05, 0) is 31.2 Å². The van der Waals surface area contributed by atoms with E-state index in [0.29, 0.717) is 16.9 Å². The summed E-state index contributed by atoms with van der Waals surface area (Å²) in [4.78, 5) is 17.5. The predicted octanol–water partition coefficient (Wildman–Crippen LogP) is 1.35. The molecule has 0 aliphatic heterocycles. The Morgan fingerprint density at radius 3 is 2.55 bits per heavy atom. The van der Waals surface area contributed by atoms with Gasteiger partial charge in [-0.3, -0.25) is 4.79 Å². The number of benzene rings is 1. The number of aromatic nitrogens is 1. The van der Waals surface area contributed by atoms with E-state index in [0.717, 1.165) is 0 Å². The molecule has 1 aromatic heterocycles. The van der Waals surface area contributed by atoms with Crippen LogP contribution < -0.4 is 10.6 Å². The van der Waals surface area contributed by atoms with Crippen molar-refractivity contribution in [1.82, 2.24) is 4.98 Å². The van der Waals surface area contributed by atoms with Gasteiger partial charge in [-0.15, -0.1) is 0 Å². The van der Waals surface area contributed by atoms with Gasteiger partial charge in [0.2, 0.25) is 5.76 Å². The summed E-state index contributed by atoms with van der Waals surface area (Å²) in [5, 5.41) is 11.5. The molecule has 7 nitrogen and oxygen atoms in total. The standard InChI is InChI=1S/C13H14N4O3/c1-8-11(20-7-15-8)13(18)17(2)10-5-3-9(4-6-10)12(14)16-19/h3-7,19H,1-2H3,(H2,14,16). The van der Waals surface area contributed by atoms with E-state index in [4.69, 9.17) is 15.4 Å². The summed E-state index contributed by atoms with van der Waals surface area (Å²) in [5.41, 5.74) is 7.23. The number of carbonyl (C=O) groups is 1. The molecule has 2 rings (SSSR count). The van der Waals surface area contributed by atoms with E-state index in [9.17, 15) is 4.79 Å². The molecule has 1 amide bonds. The summed E-state index contributed by atoms with van der Waals surface area (Å²) in [5.74, 6) is -0.0823. The molecule has 0 radical (unpaired) electrons. The Hall–Kier alpha value is -2.83. The molecule has 0 saturated heterocycles. The van der Waals surface area contributed by atoms with Gasteiger partial charge in [-0.1, -0.05) is 5.16 Å². The summed E-state index contributed by atoms with van der Waals surface area (Å²) in [6, 6.07) is 6.69. The number of aryl methyl sites for hydroxylation is 1. The van der Waals surface area contributed by atoms with Crippen molar-refractivity contribution >= 4 is 17.4 Å². The van der Waals surface area contributed by atoms with Crippen molar-refractivity contribution < 1.29 is 14.4 Å². The van der Waals surface area contributed by atoms with E-state index in [1.165, 1.54) is 11.3 Å². The molecule has 3 N–H and O–H groups in total. The molecule has 104 valence electrons. The Labute approximate surface area is 115 Å². The summed E-state index contributed by atoms with van der Waals surface area (Å²) in [6.45, 7) is 1.70. The lowest BCUT2D eigenvalue weighted by Crippen LogP contribution is -2.26. The monoisotopic (exact) mass is 274 g/mol. The zero-order valence-corrected chi connectivity index (χ0v) is 11.1. The lowest BCUT2D eigenvalue weighted by atomic mass is 10.2. The fourth-order valence-electron chi connectivity index (χ4n) is 1.69. The molecule has 0 atom stereocenters. The van der Waals surface area contributed by atoms with E-state index in [-0.39, 0.29) is 17.5 Å². The number of amidine groups is 1. The summed E-state index contributed by atoms with van der Waals surface area (Å²) in [6.07, 6.45) is 1.23. The van der Waals surface area contributed by atoms with Crippen LogP contribution in [-0.2, 0) is 0 Å². The first kappa shape index (κ1) is 13.6. The van der Waals surface area contributed by atoms with Crippen LogP contribution in [0.5, 0.6) is 0 Å². The van der Waals surface area contributed by atoms with Gasteiger partial charge in [-0.25, -0.2) is 4.98 Å². The van der Waals surface area contributed by atoms with Crippen LogP contribution in [0.3, 0.4) is 0 Å². The lowest BCUT2D eigenvalue weighted by Gasteiger charge is -2.16. The van der Waals surface area contributed by atoms with E-state index in [2.05, 4.69) is 10.1 Å². The molecule has 2 aromatic rings. The number of anilines is 1. The van der Waals surface area contributed by atoms with Gasteiger partial charge in [0.15, 0.2) is 12.2 Å². The van der Waals surface area contributed by atoms with Gasteiger partial charge in [-0.2, -0.15) is 0 Å². The van der Waals surface area contributed by atoms with Gasteiger partial charge < -0.3 is 20.3 Å². The molecule has 0 saturated carbocycles. The highest BCUT2D eigenvalue weighted by molar-refractivity contribution is 6.04. The fraction of sp³-hybridized carbons (Fsp3) is 0.154. The van der Waals surface area contributed by atoms with Gasteiger partial charge in [0.25, 0.3) is 5.91 Å². The summed E-state index contributed by atoms with van der Waals surface area (Å²) in [7, 11) is 1.63. The highest BCUT2D eigenvalue weighted by atomic mass is 16.4. The van der Waals surface area contributed by atoms with Crippen LogP contribution in [0.25, 0.3) is 0 Å². The minimum Gasteiger partial charge on any atom is -0.438 e. The third-order valence-electron chi connectivity index (χ3n) is 2.90. The maximum Gasteiger partial charge on any atom is 0.295 e. The van der Waals surface area contributed by atoms with E-state index in [1.54, 1.807) is 38.2 Å². The van der Waals surface area contributed by atoms with Gasteiger partial charge >= 0.3 is 0 Å². The molecule has 20 heavy (non-hydrogen) atoms. The summed E-state index contributed by atoms with van der Waals surface area (Å²) >= 11 is 0. The van der Waals surface area contributed by atoms with Crippen molar-refractivity contribution in [3.05, 3.63) is 47.7 Å². The van der Waals surface area contributed by atoms with Crippen LogP contribution in [0.1, 0.15) is 21.8 Å². The molecule has 0 aliphatic rings. The maximum absolute atomic E-state index is 12.2. The van der Waals surface area contributed by atoms with Crippen LogP contribution in [0.2, 0.25) is 0 Å². The molecule has 7 heteroatoms. The molecular weight excluding hydrogens is 260 g/mol. The topological polar surface area (TPSA) is 105 Å². The van der Waals surface area contributed by atoms with Crippen molar-refractivity contribution in [2.75, 3.05) is 11.9 Å². The van der Waals surface area contributed by atoms with Crippen molar-refractivity contribution in [2.45, 2.75) is 6.92 Å². The van der Waals surface area contributed by atoms with E-state index >= 15 is 0 Å². The first-order valence-electron chi connectivity index (χ1n) is 5.80. The van der Waals surface area contributed by atoms with Crippen LogP contribution in [0, 0.1) is 6.92 Å². The Morgan fingerprint density at radius 1 is 1.40 bits per heavy atom. The highest BCUT2D eigenvalue weighted by Crippen LogP contribution is 2.17. The van der Waals surface area contributed by atoms with Crippen molar-refractivity contribution in [3.8, 4) is 0 Å². The zero-order chi connectivity index (χ0) is 14.7. The number of nitrogens with zero attached hydrogens (tertiary/aromatic N) is 3. The van der Waals surface area contributed by atoms with E-state index in [1.807, 2.05) is 0 Å². The number of amides is 1. The van der Waals surface area contributed by atoms with Gasteiger partial charge in [0.1, 0.15) is 0 Å². The Kier molecular flexibility index (Phi) is 3.69. The second-order valence-corrected chi connectivity index (χ2v) is 4.16. The second kappa shape index (κ2) is 5.43.